The SMILES string of the molecule is Cc1ccc(SCCC(=O)NCc2cc[nH]c2)cc1. The molecule has 0 unspecified atom stereocenters. The fourth-order valence-corrected chi connectivity index (χ4v) is 2.51. The lowest BCUT2D eigenvalue weighted by molar-refractivity contribution is -0.120. The fourth-order valence-electron chi connectivity index (χ4n) is 1.65. The number of aromatic amines is 1. The van der Waals surface area contributed by atoms with Crippen molar-refractivity contribution in [3.8, 4) is 0 Å². The van der Waals surface area contributed by atoms with Gasteiger partial charge in [-0.05, 0) is 30.7 Å². The smallest absolute Gasteiger partial charge is 0.221 e. The Morgan fingerprint density at radius 2 is 2.05 bits per heavy atom. The third-order valence-electron chi connectivity index (χ3n) is 2.77. The number of nitrogens with one attached hydrogen (secondary N) is 2. The van der Waals surface area contributed by atoms with E-state index < -0.39 is 0 Å². The van der Waals surface area contributed by atoms with Crippen LogP contribution in [-0.4, -0.2) is 16.6 Å². The van der Waals surface area contributed by atoms with Crippen LogP contribution in [0.15, 0.2) is 47.6 Å². The van der Waals surface area contributed by atoms with Gasteiger partial charge in [0.15, 0.2) is 0 Å². The molecular weight excluding hydrogens is 256 g/mol. The molecule has 100 valence electrons. The molecule has 0 radical (unpaired) electrons. The molecule has 2 rings (SSSR count). The first-order chi connectivity index (χ1) is 9.24. The molecule has 2 aromatic rings. The van der Waals surface area contributed by atoms with E-state index in [0.717, 1.165) is 11.3 Å². The summed E-state index contributed by atoms with van der Waals surface area (Å²) in [5.74, 6) is 0.906. The van der Waals surface area contributed by atoms with Crippen molar-refractivity contribution >= 4 is 17.7 Å². The van der Waals surface area contributed by atoms with E-state index in [-0.39, 0.29) is 5.91 Å². The quantitative estimate of drug-likeness (QED) is 0.795. The van der Waals surface area contributed by atoms with Gasteiger partial charge in [-0.1, -0.05) is 17.7 Å². The molecule has 0 atom stereocenters. The van der Waals surface area contributed by atoms with Gasteiger partial charge in [0.05, 0.1) is 0 Å². The van der Waals surface area contributed by atoms with E-state index in [0.29, 0.717) is 13.0 Å². The van der Waals surface area contributed by atoms with Gasteiger partial charge in [0.25, 0.3) is 0 Å². The molecule has 19 heavy (non-hydrogen) atoms. The minimum atomic E-state index is 0.0980. The number of hydrogen-bond donors (Lipinski definition) is 2. The molecule has 3 nitrogen and oxygen atoms in total. The second-order valence-corrected chi connectivity index (χ2v) is 5.58. The zero-order valence-electron chi connectivity index (χ0n) is 11.0. The van der Waals surface area contributed by atoms with Gasteiger partial charge in [-0.3, -0.25) is 4.79 Å². The fraction of sp³-hybridized carbons (Fsp3) is 0.267. The van der Waals surface area contributed by atoms with Crippen LogP contribution in [0.3, 0.4) is 0 Å². The summed E-state index contributed by atoms with van der Waals surface area (Å²) in [5.41, 5.74) is 2.35. The number of hydrogen-bond acceptors (Lipinski definition) is 2. The predicted octanol–water partition coefficient (Wildman–Crippen LogP) is 3.12. The second kappa shape index (κ2) is 7.04. The molecule has 0 bridgehead atoms. The molecule has 0 fully saturated rings. The monoisotopic (exact) mass is 274 g/mol. The summed E-state index contributed by atoms with van der Waals surface area (Å²) in [6.45, 7) is 2.67. The number of rotatable bonds is 6. The molecular formula is C15H18N2OS. The first kappa shape index (κ1) is 13.7. The minimum absolute atomic E-state index is 0.0980. The zero-order chi connectivity index (χ0) is 13.5. The Kier molecular flexibility index (Phi) is 5.10. The number of carbonyl (C=O) groups excluding carboxylic acids is 1. The maximum Gasteiger partial charge on any atom is 0.221 e. The highest BCUT2D eigenvalue weighted by Gasteiger charge is 2.02. The van der Waals surface area contributed by atoms with E-state index in [1.807, 2.05) is 18.5 Å². The topological polar surface area (TPSA) is 44.9 Å². The van der Waals surface area contributed by atoms with Crippen LogP contribution < -0.4 is 5.32 Å². The molecule has 0 aliphatic carbocycles. The first-order valence-corrected chi connectivity index (χ1v) is 7.30. The Labute approximate surface area is 117 Å². The van der Waals surface area contributed by atoms with Crippen LogP contribution in [0.1, 0.15) is 17.5 Å². The Morgan fingerprint density at radius 1 is 1.26 bits per heavy atom. The average molecular weight is 274 g/mol. The van der Waals surface area contributed by atoms with Gasteiger partial charge >= 0.3 is 0 Å². The number of H-pyrrole nitrogens is 1. The maximum absolute atomic E-state index is 11.6. The van der Waals surface area contributed by atoms with Crippen molar-refractivity contribution in [1.29, 1.82) is 0 Å². The number of aromatic nitrogens is 1. The molecule has 0 aliphatic rings. The highest BCUT2D eigenvalue weighted by molar-refractivity contribution is 7.99. The van der Waals surface area contributed by atoms with Crippen LogP contribution in [0.4, 0.5) is 0 Å². The van der Waals surface area contributed by atoms with E-state index in [2.05, 4.69) is 41.5 Å². The molecule has 1 aromatic heterocycles. The summed E-state index contributed by atoms with van der Waals surface area (Å²) in [6, 6.07) is 10.3. The van der Waals surface area contributed by atoms with Crippen LogP contribution in [0.5, 0.6) is 0 Å². The predicted molar refractivity (Wildman–Crippen MR) is 79.2 cm³/mol. The lowest BCUT2D eigenvalue weighted by Gasteiger charge is -2.04. The maximum atomic E-state index is 11.6. The summed E-state index contributed by atoms with van der Waals surface area (Å²) >= 11 is 1.71. The van der Waals surface area contributed by atoms with Crippen molar-refractivity contribution in [3.05, 3.63) is 53.9 Å². The first-order valence-electron chi connectivity index (χ1n) is 6.32. The van der Waals surface area contributed by atoms with Crippen molar-refractivity contribution in [2.75, 3.05) is 5.75 Å². The normalized spacial score (nSPS) is 10.4. The van der Waals surface area contributed by atoms with Crippen LogP contribution in [0, 0.1) is 6.92 Å². The second-order valence-electron chi connectivity index (χ2n) is 4.41. The molecule has 1 amide bonds. The molecule has 1 heterocycles. The highest BCUT2D eigenvalue weighted by atomic mass is 32.2. The summed E-state index contributed by atoms with van der Waals surface area (Å²) in [4.78, 5) is 15.8. The number of aryl methyl sites for hydroxylation is 1. The lowest BCUT2D eigenvalue weighted by atomic mass is 10.2. The van der Waals surface area contributed by atoms with E-state index in [1.54, 1.807) is 11.8 Å². The number of benzene rings is 1. The van der Waals surface area contributed by atoms with Gasteiger partial charge in [0.1, 0.15) is 0 Å². The van der Waals surface area contributed by atoms with Gasteiger partial charge in [0, 0.05) is 36.0 Å². The summed E-state index contributed by atoms with van der Waals surface area (Å²) in [5, 5.41) is 2.91. The van der Waals surface area contributed by atoms with Gasteiger partial charge in [-0.15, -0.1) is 11.8 Å². The van der Waals surface area contributed by atoms with Crippen molar-refractivity contribution < 1.29 is 4.79 Å². The van der Waals surface area contributed by atoms with Gasteiger partial charge in [0.2, 0.25) is 5.91 Å². The van der Waals surface area contributed by atoms with Gasteiger partial charge in [-0.2, -0.15) is 0 Å². The van der Waals surface area contributed by atoms with Crippen LogP contribution in [0.2, 0.25) is 0 Å². The largest absolute Gasteiger partial charge is 0.367 e. The van der Waals surface area contributed by atoms with Crippen LogP contribution in [0.25, 0.3) is 0 Å². The average Bonchev–Trinajstić information content (AvgIpc) is 2.92. The molecule has 1 aromatic carbocycles. The number of amides is 1. The van der Waals surface area contributed by atoms with Crippen molar-refractivity contribution in [3.63, 3.8) is 0 Å². The summed E-state index contributed by atoms with van der Waals surface area (Å²) < 4.78 is 0. The van der Waals surface area contributed by atoms with Crippen molar-refractivity contribution in [1.82, 2.24) is 10.3 Å². The molecule has 2 N–H and O–H groups in total. The van der Waals surface area contributed by atoms with E-state index in [9.17, 15) is 4.79 Å². The summed E-state index contributed by atoms with van der Waals surface area (Å²) in [6.07, 6.45) is 4.29. The van der Waals surface area contributed by atoms with Gasteiger partial charge < -0.3 is 10.3 Å². The van der Waals surface area contributed by atoms with Gasteiger partial charge in [-0.25, -0.2) is 0 Å². The Balaban J connectivity index is 1.65. The molecule has 0 saturated heterocycles. The summed E-state index contributed by atoms with van der Waals surface area (Å²) in [7, 11) is 0. The molecule has 0 saturated carbocycles. The van der Waals surface area contributed by atoms with E-state index >= 15 is 0 Å². The lowest BCUT2D eigenvalue weighted by Crippen LogP contribution is -2.22. The zero-order valence-corrected chi connectivity index (χ0v) is 11.8. The van der Waals surface area contributed by atoms with E-state index in [1.165, 1.54) is 10.5 Å². The molecule has 4 heteroatoms. The third-order valence-corrected chi connectivity index (χ3v) is 3.78. The minimum Gasteiger partial charge on any atom is -0.367 e. The molecule has 0 spiro atoms. The number of thioether (sulfide) groups is 1. The Hall–Kier alpha value is -1.68. The van der Waals surface area contributed by atoms with Crippen molar-refractivity contribution in [2.24, 2.45) is 0 Å². The third kappa shape index (κ3) is 4.83. The Bertz CT molecular complexity index is 505. The standard InChI is InChI=1S/C15H18N2OS/c1-12-2-4-14(5-3-12)19-9-7-15(18)17-11-13-6-8-16-10-13/h2-6,8,10,16H,7,9,11H2,1H3,(H,17,18). The highest BCUT2D eigenvalue weighted by Crippen LogP contribution is 2.18. The van der Waals surface area contributed by atoms with Crippen molar-refractivity contribution in [2.45, 2.75) is 24.8 Å². The van der Waals surface area contributed by atoms with Crippen LogP contribution in [-0.2, 0) is 11.3 Å². The van der Waals surface area contributed by atoms with Crippen LogP contribution >= 0.6 is 11.8 Å². The Morgan fingerprint density at radius 3 is 2.74 bits per heavy atom. The number of carbonyl (C=O) groups is 1. The van der Waals surface area contributed by atoms with E-state index in [4.69, 9.17) is 0 Å². The molecule has 0 aliphatic heterocycles.